The lowest BCUT2D eigenvalue weighted by Crippen LogP contribution is -2.63. The molecule has 59 heavy (non-hydrogen) atoms. The third-order valence-corrected chi connectivity index (χ3v) is 17.0. The molecule has 1 heterocycles. The first-order valence-corrected chi connectivity index (χ1v) is 23.8. The Kier molecular flexibility index (Phi) is 7.36. The monoisotopic (exact) mass is 767 g/mol. The standard InChI is InChI=1S/C57H41NSi/c1-59(2)53-32-13-12-29-49(53)57(48-28-11-10-26-46(48)47-27-14-22-41-23-15-30-51(57)55(41)47)50-36-34-42(37-54(50)59)58(52-31-16-21-38-19-6-8-24-43(38)52)56-44-25-9-7-20-40(44)33-35-45(56)39-17-4-3-5-18-39/h3-37H,1-2H3. The fourth-order valence-electron chi connectivity index (χ4n) is 10.9. The Morgan fingerprint density at radius 1 is 0.390 bits per heavy atom. The molecule has 1 atom stereocenters. The quantitative estimate of drug-likeness (QED) is 0.161. The minimum absolute atomic E-state index is 0.490. The second kappa shape index (κ2) is 12.7. The van der Waals surface area contributed by atoms with Crippen LogP contribution in [-0.2, 0) is 5.41 Å². The van der Waals surface area contributed by atoms with Gasteiger partial charge in [0.1, 0.15) is 8.07 Å². The van der Waals surface area contributed by atoms with Crippen LogP contribution in [0.1, 0.15) is 22.3 Å². The smallest absolute Gasteiger partial charge is 0.113 e. The van der Waals surface area contributed by atoms with E-state index in [4.69, 9.17) is 0 Å². The van der Waals surface area contributed by atoms with Gasteiger partial charge in [-0.15, -0.1) is 0 Å². The van der Waals surface area contributed by atoms with Gasteiger partial charge in [-0.05, 0) is 89.1 Å². The molecule has 1 aliphatic heterocycles. The van der Waals surface area contributed by atoms with E-state index in [1.807, 2.05) is 0 Å². The van der Waals surface area contributed by atoms with Crippen molar-refractivity contribution in [1.29, 1.82) is 0 Å². The Balaban J connectivity index is 1.22. The zero-order chi connectivity index (χ0) is 39.3. The van der Waals surface area contributed by atoms with Gasteiger partial charge in [-0.1, -0.05) is 207 Å². The fraction of sp³-hybridized carbons (Fsp3) is 0.0526. The molecule has 10 aromatic rings. The molecule has 0 amide bonds. The van der Waals surface area contributed by atoms with Crippen LogP contribution in [-0.4, -0.2) is 8.07 Å². The summed E-state index contributed by atoms with van der Waals surface area (Å²) in [6.07, 6.45) is 0. The van der Waals surface area contributed by atoms with E-state index in [0.29, 0.717) is 0 Å². The zero-order valence-electron chi connectivity index (χ0n) is 33.2. The number of rotatable bonds is 4. The van der Waals surface area contributed by atoms with Crippen LogP contribution in [0.15, 0.2) is 212 Å². The number of benzene rings is 10. The predicted octanol–water partition coefficient (Wildman–Crippen LogP) is 13.8. The summed E-state index contributed by atoms with van der Waals surface area (Å²) in [7, 11) is -2.33. The van der Waals surface area contributed by atoms with Crippen molar-refractivity contribution >= 4 is 67.8 Å². The van der Waals surface area contributed by atoms with Gasteiger partial charge < -0.3 is 4.90 Å². The molecule has 0 fully saturated rings. The summed E-state index contributed by atoms with van der Waals surface area (Å²) in [5.74, 6) is 0. The van der Waals surface area contributed by atoms with Gasteiger partial charge in [-0.25, -0.2) is 0 Å². The lowest BCUT2D eigenvalue weighted by atomic mass is 9.59. The number of fused-ring (bicyclic) bond motifs is 10. The van der Waals surface area contributed by atoms with E-state index in [1.54, 1.807) is 0 Å². The van der Waals surface area contributed by atoms with Gasteiger partial charge in [0.05, 0.1) is 16.8 Å². The van der Waals surface area contributed by atoms with Crippen molar-refractivity contribution in [2.75, 3.05) is 4.90 Å². The molecule has 1 aliphatic carbocycles. The van der Waals surface area contributed by atoms with Crippen molar-refractivity contribution in [2.45, 2.75) is 18.5 Å². The first-order chi connectivity index (χ1) is 29.0. The average molecular weight is 768 g/mol. The molecule has 0 radical (unpaired) electrons. The van der Waals surface area contributed by atoms with E-state index in [0.717, 1.165) is 0 Å². The highest BCUT2D eigenvalue weighted by molar-refractivity contribution is 7.01. The number of anilines is 3. The highest BCUT2D eigenvalue weighted by Gasteiger charge is 2.52. The highest BCUT2D eigenvalue weighted by atomic mass is 28.3. The lowest BCUT2D eigenvalue weighted by Gasteiger charge is -2.50. The summed E-state index contributed by atoms with van der Waals surface area (Å²) in [5, 5.41) is 10.5. The lowest BCUT2D eigenvalue weighted by molar-refractivity contribution is 0.754. The summed E-state index contributed by atoms with van der Waals surface area (Å²) in [4.78, 5) is 2.58. The van der Waals surface area contributed by atoms with Crippen molar-refractivity contribution in [3.63, 3.8) is 0 Å². The summed E-state index contributed by atoms with van der Waals surface area (Å²) in [5.41, 5.74) is 13.7. The average Bonchev–Trinajstić information content (AvgIpc) is 3.30. The number of nitrogens with zero attached hydrogens (tertiary/aromatic N) is 1. The van der Waals surface area contributed by atoms with Crippen molar-refractivity contribution in [1.82, 2.24) is 0 Å². The van der Waals surface area contributed by atoms with Gasteiger partial charge in [-0.2, -0.15) is 0 Å². The molecular weight excluding hydrogens is 727 g/mol. The molecule has 10 aromatic carbocycles. The minimum atomic E-state index is -2.33. The molecule has 0 aromatic heterocycles. The van der Waals surface area contributed by atoms with Gasteiger partial charge in [0, 0.05) is 22.0 Å². The molecular formula is C57H41NSi. The molecule has 1 spiro atoms. The SMILES string of the molecule is C[Si]1(C)c2ccccc2C2(c3ccccc3-c3cccc4cccc2c34)c2ccc(N(c3cccc4ccccc34)c3c(-c4ccccc4)ccc4ccccc34)cc21. The molecule has 2 aliphatic rings. The molecule has 0 saturated heterocycles. The van der Waals surface area contributed by atoms with E-state index in [1.165, 1.54) is 104 Å². The van der Waals surface area contributed by atoms with E-state index in [2.05, 4.69) is 230 Å². The van der Waals surface area contributed by atoms with Crippen LogP contribution in [0, 0.1) is 0 Å². The van der Waals surface area contributed by atoms with Crippen molar-refractivity contribution in [3.8, 4) is 22.3 Å². The van der Waals surface area contributed by atoms with E-state index >= 15 is 0 Å². The van der Waals surface area contributed by atoms with Crippen molar-refractivity contribution in [3.05, 3.63) is 235 Å². The van der Waals surface area contributed by atoms with E-state index in [-0.39, 0.29) is 0 Å². The minimum Gasteiger partial charge on any atom is -0.309 e. The summed E-state index contributed by atoms with van der Waals surface area (Å²) in [6.45, 7) is 5.14. The molecule has 12 rings (SSSR count). The first kappa shape index (κ1) is 34.1. The Morgan fingerprint density at radius 3 is 1.83 bits per heavy atom. The second-order valence-electron chi connectivity index (χ2n) is 16.8. The van der Waals surface area contributed by atoms with Crippen LogP contribution in [0.5, 0.6) is 0 Å². The first-order valence-electron chi connectivity index (χ1n) is 20.8. The third-order valence-electron chi connectivity index (χ3n) is 13.5. The Hall–Kier alpha value is -7.00. The van der Waals surface area contributed by atoms with Crippen LogP contribution in [0.25, 0.3) is 54.6 Å². The molecule has 2 heteroatoms. The summed E-state index contributed by atoms with van der Waals surface area (Å²) < 4.78 is 0. The molecule has 278 valence electrons. The van der Waals surface area contributed by atoms with Gasteiger partial charge in [-0.3, -0.25) is 0 Å². The zero-order valence-corrected chi connectivity index (χ0v) is 34.2. The molecule has 1 unspecified atom stereocenters. The normalized spacial score (nSPS) is 15.8. The van der Waals surface area contributed by atoms with Crippen LogP contribution in [0.2, 0.25) is 13.1 Å². The van der Waals surface area contributed by atoms with Crippen molar-refractivity contribution in [2.24, 2.45) is 0 Å². The second-order valence-corrected chi connectivity index (χ2v) is 21.1. The van der Waals surface area contributed by atoms with Crippen LogP contribution < -0.4 is 15.3 Å². The van der Waals surface area contributed by atoms with Gasteiger partial charge in [0.2, 0.25) is 0 Å². The number of hydrogen-bond donors (Lipinski definition) is 0. The topological polar surface area (TPSA) is 3.24 Å². The fourth-order valence-corrected chi connectivity index (χ4v) is 14.1. The Morgan fingerprint density at radius 2 is 0.983 bits per heavy atom. The maximum atomic E-state index is 2.60. The van der Waals surface area contributed by atoms with Gasteiger partial charge >= 0.3 is 0 Å². The molecule has 0 N–H and O–H groups in total. The Labute approximate surface area is 346 Å². The van der Waals surface area contributed by atoms with Crippen LogP contribution in [0.3, 0.4) is 0 Å². The maximum absolute atomic E-state index is 2.60. The van der Waals surface area contributed by atoms with Crippen LogP contribution >= 0.6 is 0 Å². The largest absolute Gasteiger partial charge is 0.309 e. The molecule has 1 nitrogen and oxygen atoms in total. The van der Waals surface area contributed by atoms with E-state index in [9.17, 15) is 0 Å². The summed E-state index contributed by atoms with van der Waals surface area (Å²) in [6, 6.07) is 80.0. The van der Waals surface area contributed by atoms with Gasteiger partial charge in [0.15, 0.2) is 0 Å². The van der Waals surface area contributed by atoms with Crippen molar-refractivity contribution < 1.29 is 0 Å². The molecule has 0 saturated carbocycles. The maximum Gasteiger partial charge on any atom is 0.113 e. The Bertz CT molecular complexity index is 3310. The van der Waals surface area contributed by atoms with Crippen LogP contribution in [0.4, 0.5) is 17.1 Å². The van der Waals surface area contributed by atoms with E-state index < -0.39 is 13.5 Å². The third kappa shape index (κ3) is 4.72. The van der Waals surface area contributed by atoms with Gasteiger partial charge in [0.25, 0.3) is 0 Å². The highest BCUT2D eigenvalue weighted by Crippen LogP contribution is 2.57. The predicted molar refractivity (Wildman–Crippen MR) is 253 cm³/mol. The summed E-state index contributed by atoms with van der Waals surface area (Å²) >= 11 is 0. The molecule has 0 bridgehead atoms. The number of hydrogen-bond acceptors (Lipinski definition) is 1.